The molecule has 1 fully saturated rings. The van der Waals surface area contributed by atoms with E-state index in [1.165, 1.54) is 24.9 Å². The molecule has 2 aromatic rings. The van der Waals surface area contributed by atoms with Gasteiger partial charge in [-0.05, 0) is 56.7 Å². The number of aromatic nitrogens is 1. The van der Waals surface area contributed by atoms with Gasteiger partial charge in [0.1, 0.15) is 17.5 Å². The predicted molar refractivity (Wildman–Crippen MR) is 160 cm³/mol. The van der Waals surface area contributed by atoms with E-state index in [2.05, 4.69) is 20.5 Å². The summed E-state index contributed by atoms with van der Waals surface area (Å²) in [6.45, 7) is 4.57. The smallest absolute Gasteiger partial charge is 0.345 e. The number of nitrogens with zero attached hydrogens (tertiary/aromatic N) is 2. The first-order chi connectivity index (χ1) is 20.7. The summed E-state index contributed by atoms with van der Waals surface area (Å²) in [4.78, 5) is 55.8. The molecule has 0 bridgehead atoms. The zero-order valence-electron chi connectivity index (χ0n) is 25.6. The van der Waals surface area contributed by atoms with Crippen LogP contribution < -0.4 is 16.5 Å². The van der Waals surface area contributed by atoms with Gasteiger partial charge in [-0.1, -0.05) is 51.1 Å². The van der Waals surface area contributed by atoms with Crippen LogP contribution in [0, 0.1) is 11.3 Å². The number of halogens is 2. The predicted octanol–water partition coefficient (Wildman–Crippen LogP) is 3.11. The SMILES string of the molecule is CCc1ccc2ccc(/C=C/[C@](C)(COC(F)F)C(=O)OC(C(=O)NC(C)C(=O)N3CCCC(C(N)=O)N3)C(C)C)cc2n1. The first-order valence-corrected chi connectivity index (χ1v) is 14.6. The third kappa shape index (κ3) is 9.02. The number of nitrogens with two attached hydrogens (primary N) is 1. The molecule has 13 heteroatoms. The molecular formula is C31H41F2N5O6. The van der Waals surface area contributed by atoms with Crippen LogP contribution in [0.4, 0.5) is 8.78 Å². The van der Waals surface area contributed by atoms with Crippen LogP contribution in [-0.4, -0.2) is 71.6 Å². The van der Waals surface area contributed by atoms with Crippen molar-refractivity contribution in [3.05, 3.63) is 47.7 Å². The summed E-state index contributed by atoms with van der Waals surface area (Å²) in [7, 11) is 0. The summed E-state index contributed by atoms with van der Waals surface area (Å²) in [6, 6.07) is 7.63. The van der Waals surface area contributed by atoms with Gasteiger partial charge in [-0.15, -0.1) is 0 Å². The van der Waals surface area contributed by atoms with Crippen LogP contribution in [0.3, 0.4) is 0 Å². The molecule has 1 aliphatic heterocycles. The maximum atomic E-state index is 13.5. The number of esters is 1. The van der Waals surface area contributed by atoms with E-state index < -0.39 is 66.4 Å². The average molecular weight is 618 g/mol. The normalized spacial score (nSPS) is 18.3. The number of carbonyl (C=O) groups is 4. The highest BCUT2D eigenvalue weighted by Gasteiger charge is 2.39. The van der Waals surface area contributed by atoms with Gasteiger partial charge < -0.3 is 20.5 Å². The van der Waals surface area contributed by atoms with Gasteiger partial charge in [0.05, 0.1) is 12.1 Å². The number of alkyl halides is 2. The highest BCUT2D eigenvalue weighted by Crippen LogP contribution is 2.27. The van der Waals surface area contributed by atoms with Gasteiger partial charge in [0, 0.05) is 17.6 Å². The van der Waals surface area contributed by atoms with E-state index in [4.69, 9.17) is 10.5 Å². The Morgan fingerprint density at radius 3 is 2.55 bits per heavy atom. The monoisotopic (exact) mass is 617 g/mol. The lowest BCUT2D eigenvalue weighted by Gasteiger charge is -2.34. The van der Waals surface area contributed by atoms with Gasteiger partial charge in [-0.25, -0.2) is 5.43 Å². The van der Waals surface area contributed by atoms with E-state index in [-0.39, 0.29) is 0 Å². The van der Waals surface area contributed by atoms with Crippen LogP contribution in [-0.2, 0) is 35.1 Å². The molecule has 44 heavy (non-hydrogen) atoms. The lowest BCUT2D eigenvalue weighted by molar-refractivity contribution is -0.179. The number of rotatable bonds is 13. The standard InChI is InChI=1S/C31H41F2N5O6/c1-6-22-12-11-21-10-9-20(16-24(21)36-22)13-14-31(5,17-43-30(32)33)29(42)44-25(18(2)3)27(40)35-19(4)28(41)38-15-7-8-23(37-38)26(34)39/h9-14,16,18-19,23,25,30,37H,6-8,15,17H2,1-5H3,(H2,34,39)(H,35,40)/b14-13+/t19?,23?,25?,31-/m1/s1. The first-order valence-electron chi connectivity index (χ1n) is 14.6. The molecule has 11 nitrogen and oxygen atoms in total. The number of fused-ring (bicyclic) bond motifs is 1. The van der Waals surface area contributed by atoms with Crippen LogP contribution in [0.1, 0.15) is 58.7 Å². The lowest BCUT2D eigenvalue weighted by Crippen LogP contribution is -2.60. The van der Waals surface area contributed by atoms with Gasteiger partial charge >= 0.3 is 12.6 Å². The highest BCUT2D eigenvalue weighted by atomic mass is 19.3. The highest BCUT2D eigenvalue weighted by molar-refractivity contribution is 5.91. The summed E-state index contributed by atoms with van der Waals surface area (Å²) < 4.78 is 36.2. The summed E-state index contributed by atoms with van der Waals surface area (Å²) >= 11 is 0. The van der Waals surface area contributed by atoms with Crippen molar-refractivity contribution in [3.8, 4) is 0 Å². The molecule has 1 aliphatic rings. The van der Waals surface area contributed by atoms with Gasteiger partial charge in [-0.2, -0.15) is 8.78 Å². The number of hydrogen-bond donors (Lipinski definition) is 3. The number of benzene rings is 1. The van der Waals surface area contributed by atoms with Crippen molar-refractivity contribution in [2.75, 3.05) is 13.2 Å². The van der Waals surface area contributed by atoms with Crippen molar-refractivity contribution in [2.24, 2.45) is 17.1 Å². The van der Waals surface area contributed by atoms with Gasteiger partial charge in [0.15, 0.2) is 6.10 Å². The quantitative estimate of drug-likeness (QED) is 0.290. The Kier molecular flexibility index (Phi) is 11.9. The van der Waals surface area contributed by atoms with Crippen molar-refractivity contribution in [1.29, 1.82) is 0 Å². The zero-order valence-corrected chi connectivity index (χ0v) is 25.6. The van der Waals surface area contributed by atoms with Crippen LogP contribution in [0.15, 0.2) is 36.4 Å². The third-order valence-electron chi connectivity index (χ3n) is 7.38. The maximum Gasteiger partial charge on any atom is 0.345 e. The van der Waals surface area contributed by atoms with E-state index >= 15 is 0 Å². The molecule has 4 N–H and O–H groups in total. The number of hydrazine groups is 1. The minimum absolute atomic E-state index is 0.313. The molecule has 0 saturated carbocycles. The lowest BCUT2D eigenvalue weighted by atomic mass is 9.90. The van der Waals surface area contributed by atoms with Crippen molar-refractivity contribution in [1.82, 2.24) is 20.7 Å². The number of primary amides is 1. The molecule has 0 spiro atoms. The van der Waals surface area contributed by atoms with Crippen LogP contribution in [0.25, 0.3) is 17.0 Å². The number of amides is 3. The Bertz CT molecular complexity index is 1390. The number of aryl methyl sites for hydroxylation is 1. The van der Waals surface area contributed by atoms with Crippen molar-refractivity contribution < 1.29 is 37.4 Å². The van der Waals surface area contributed by atoms with Crippen LogP contribution in [0.5, 0.6) is 0 Å². The number of ether oxygens (including phenoxy) is 2. The molecule has 240 valence electrons. The molecule has 0 aliphatic carbocycles. The second-order valence-corrected chi connectivity index (χ2v) is 11.4. The molecule has 4 atom stereocenters. The minimum atomic E-state index is -3.14. The fourth-order valence-electron chi connectivity index (χ4n) is 4.65. The molecule has 1 aromatic heterocycles. The van der Waals surface area contributed by atoms with Crippen molar-refractivity contribution in [2.45, 2.75) is 78.7 Å². The van der Waals surface area contributed by atoms with Gasteiger partial charge in [0.25, 0.3) is 11.8 Å². The second-order valence-electron chi connectivity index (χ2n) is 11.4. The largest absolute Gasteiger partial charge is 0.451 e. The van der Waals surface area contributed by atoms with E-state index in [1.54, 1.807) is 26.0 Å². The number of nitrogens with one attached hydrogen (secondary N) is 2. The Morgan fingerprint density at radius 2 is 1.91 bits per heavy atom. The summed E-state index contributed by atoms with van der Waals surface area (Å²) in [5.74, 6) is -3.34. The minimum Gasteiger partial charge on any atom is -0.451 e. The maximum absolute atomic E-state index is 13.5. The summed E-state index contributed by atoms with van der Waals surface area (Å²) in [6.07, 6.45) is 3.43. The van der Waals surface area contributed by atoms with Crippen LogP contribution in [0.2, 0.25) is 0 Å². The van der Waals surface area contributed by atoms with E-state index in [9.17, 15) is 28.0 Å². The van der Waals surface area contributed by atoms with Crippen molar-refractivity contribution in [3.63, 3.8) is 0 Å². The fraction of sp³-hybridized carbons (Fsp3) is 0.516. The second kappa shape index (κ2) is 15.2. The molecule has 0 radical (unpaired) electrons. The Balaban J connectivity index is 1.76. The zero-order chi connectivity index (χ0) is 32.6. The van der Waals surface area contributed by atoms with Gasteiger partial charge in [-0.3, -0.25) is 29.2 Å². The average Bonchev–Trinajstić information content (AvgIpc) is 3.00. The van der Waals surface area contributed by atoms with E-state index in [0.29, 0.717) is 24.9 Å². The summed E-state index contributed by atoms with van der Waals surface area (Å²) in [5, 5.41) is 4.71. The molecular weight excluding hydrogens is 576 g/mol. The van der Waals surface area contributed by atoms with E-state index in [1.807, 2.05) is 31.2 Å². The third-order valence-corrected chi connectivity index (χ3v) is 7.38. The van der Waals surface area contributed by atoms with Gasteiger partial charge in [0.2, 0.25) is 5.91 Å². The van der Waals surface area contributed by atoms with Crippen molar-refractivity contribution >= 4 is 40.7 Å². The van der Waals surface area contributed by atoms with Crippen LogP contribution >= 0.6 is 0 Å². The number of carbonyl (C=O) groups excluding carboxylic acids is 4. The number of hydrogen-bond acceptors (Lipinski definition) is 8. The van der Waals surface area contributed by atoms with E-state index in [0.717, 1.165) is 23.0 Å². The molecule has 2 heterocycles. The molecule has 3 amide bonds. The molecule has 3 unspecified atom stereocenters. The summed E-state index contributed by atoms with van der Waals surface area (Å²) in [5.41, 5.74) is 8.74. The fourth-order valence-corrected chi connectivity index (χ4v) is 4.65. The Morgan fingerprint density at radius 1 is 1.20 bits per heavy atom. The molecule has 1 saturated heterocycles. The molecule has 3 rings (SSSR count). The molecule has 1 aromatic carbocycles. The number of pyridine rings is 1. The topological polar surface area (TPSA) is 153 Å². The Labute approximate surface area is 255 Å². The Hall–Kier alpha value is -3.97. The first kappa shape index (κ1) is 34.5.